The minimum atomic E-state index is -4.97. The summed E-state index contributed by atoms with van der Waals surface area (Å²) in [5.41, 5.74) is 0. The molecule has 3 N–H and O–H groups in total. The summed E-state index contributed by atoms with van der Waals surface area (Å²) in [5.74, 6) is -1.34. The van der Waals surface area contributed by atoms with Crippen LogP contribution in [0.25, 0.3) is 0 Å². The molecule has 0 heterocycles. The Bertz CT molecular complexity index is 2020. The van der Waals surface area contributed by atoms with Crippen molar-refractivity contribution in [1.82, 2.24) is 0 Å². The number of unbranched alkanes of at least 4 members (excludes halogenated alkanes) is 49. The molecule has 0 saturated carbocycles. The summed E-state index contributed by atoms with van der Waals surface area (Å²) in [4.78, 5) is 73.0. The van der Waals surface area contributed by atoms with Crippen molar-refractivity contribution in [2.45, 2.75) is 432 Å². The molecule has 0 saturated heterocycles. The molecule has 0 aromatic heterocycles. The smallest absolute Gasteiger partial charge is 0.462 e. The highest BCUT2D eigenvalue weighted by atomic mass is 31.2. The number of phosphoric ester groups is 2. The van der Waals surface area contributed by atoms with E-state index in [4.69, 9.17) is 37.0 Å². The Labute approximate surface area is 618 Å². The van der Waals surface area contributed by atoms with Gasteiger partial charge in [0.15, 0.2) is 12.2 Å². The van der Waals surface area contributed by atoms with Crippen molar-refractivity contribution < 1.29 is 80.2 Å². The maximum absolute atomic E-state index is 13.1. The Kier molecular flexibility index (Phi) is 72.6. The first kappa shape index (κ1) is 98.5. The number of aliphatic hydroxyl groups is 1. The first-order valence-corrected chi connectivity index (χ1v) is 44.9. The van der Waals surface area contributed by atoms with Crippen LogP contribution in [0.4, 0.5) is 0 Å². The van der Waals surface area contributed by atoms with Crippen LogP contribution in [-0.2, 0) is 65.4 Å². The second kappa shape index (κ2) is 74.4. The molecule has 2 unspecified atom stereocenters. The van der Waals surface area contributed by atoms with E-state index in [9.17, 15) is 43.2 Å². The van der Waals surface area contributed by atoms with Gasteiger partial charge in [-0.05, 0) is 57.3 Å². The number of phosphoric acid groups is 2. The van der Waals surface area contributed by atoms with E-state index < -0.39 is 97.5 Å². The standard InChI is InChI=1S/C82H156O17P2/c1-6-9-12-15-18-21-24-26-28-29-30-31-33-39-43-48-53-58-63-68-82(87)99-78(72-93-80(85)66-61-56-51-46-41-37-35-34-36-40-44-49-54-59-64-75(4)5)74-97-101(90,91)95-70-76(83)69-94-100(88,89)96-73-77(71-92-79(84)65-60-55-50-45-23-20-17-14-11-8-3)98-81(86)67-62-57-52-47-42-38-32-27-25-22-19-16-13-10-7-2/h22,25,27,32,75-78,83H,6-21,23-24,26,28-31,33-74H2,1-5H3,(H,88,89)(H,90,91)/b25-22-,32-27-/t76-,77+,78+/m0/s1. The van der Waals surface area contributed by atoms with Crippen molar-refractivity contribution in [2.75, 3.05) is 39.6 Å². The lowest BCUT2D eigenvalue weighted by Crippen LogP contribution is -2.30. The topological polar surface area (TPSA) is 237 Å². The molecule has 0 bridgehead atoms. The van der Waals surface area contributed by atoms with Crippen molar-refractivity contribution in [1.29, 1.82) is 0 Å². The highest BCUT2D eigenvalue weighted by Gasteiger charge is 2.30. The summed E-state index contributed by atoms with van der Waals surface area (Å²) in [5, 5.41) is 10.6. The number of carbonyl (C=O) groups excluding carboxylic acids is 4. The monoisotopic (exact) mass is 1480 g/mol. The summed E-state index contributed by atoms with van der Waals surface area (Å²) in [6.45, 7) is 7.28. The number of hydrogen-bond donors (Lipinski definition) is 3. The number of rotatable bonds is 80. The number of ether oxygens (including phenoxy) is 4. The fourth-order valence-electron chi connectivity index (χ4n) is 12.2. The molecule has 0 rings (SSSR count). The van der Waals surface area contributed by atoms with Gasteiger partial charge < -0.3 is 33.8 Å². The van der Waals surface area contributed by atoms with E-state index in [0.717, 1.165) is 109 Å². The van der Waals surface area contributed by atoms with E-state index in [1.807, 2.05) is 0 Å². The van der Waals surface area contributed by atoms with E-state index >= 15 is 0 Å². The fraction of sp³-hybridized carbons (Fsp3) is 0.902. The summed E-state index contributed by atoms with van der Waals surface area (Å²) < 4.78 is 68.7. The Morgan fingerprint density at radius 3 is 0.812 bits per heavy atom. The summed E-state index contributed by atoms with van der Waals surface area (Å²) in [7, 11) is -9.93. The van der Waals surface area contributed by atoms with Gasteiger partial charge in [-0.1, -0.05) is 361 Å². The molecule has 101 heavy (non-hydrogen) atoms. The van der Waals surface area contributed by atoms with Gasteiger partial charge in [-0.2, -0.15) is 0 Å². The van der Waals surface area contributed by atoms with Crippen molar-refractivity contribution in [3.8, 4) is 0 Å². The number of hydrogen-bond acceptors (Lipinski definition) is 15. The lowest BCUT2D eigenvalue weighted by Gasteiger charge is -2.21. The molecule has 0 fully saturated rings. The van der Waals surface area contributed by atoms with Crippen LogP contribution in [0, 0.1) is 5.92 Å². The van der Waals surface area contributed by atoms with Gasteiger partial charge in [-0.15, -0.1) is 0 Å². The molecule has 0 aromatic carbocycles. The Hall–Kier alpha value is -2.46. The molecule has 0 aliphatic rings. The Morgan fingerprint density at radius 1 is 0.307 bits per heavy atom. The van der Waals surface area contributed by atoms with Crippen LogP contribution in [0.5, 0.6) is 0 Å². The minimum absolute atomic E-state index is 0.0855. The second-order valence-electron chi connectivity index (χ2n) is 29.3. The highest BCUT2D eigenvalue weighted by molar-refractivity contribution is 7.47. The average molecular weight is 1480 g/mol. The molecule has 0 amide bonds. The molecule has 0 aliphatic carbocycles. The minimum Gasteiger partial charge on any atom is -0.462 e. The summed E-state index contributed by atoms with van der Waals surface area (Å²) in [6, 6.07) is 0. The van der Waals surface area contributed by atoms with Crippen molar-refractivity contribution >= 4 is 39.5 Å². The van der Waals surface area contributed by atoms with Gasteiger partial charge in [0.2, 0.25) is 0 Å². The zero-order valence-electron chi connectivity index (χ0n) is 65.5. The van der Waals surface area contributed by atoms with E-state index in [1.54, 1.807) is 0 Å². The third kappa shape index (κ3) is 75.6. The van der Waals surface area contributed by atoms with E-state index in [-0.39, 0.29) is 25.7 Å². The second-order valence-corrected chi connectivity index (χ2v) is 32.2. The predicted molar refractivity (Wildman–Crippen MR) is 414 cm³/mol. The van der Waals surface area contributed by atoms with Crippen LogP contribution in [0.3, 0.4) is 0 Å². The molecule has 0 aromatic rings. The third-order valence-corrected chi connectivity index (χ3v) is 20.6. The molecular formula is C82H156O17P2. The molecule has 596 valence electrons. The molecule has 0 aliphatic heterocycles. The van der Waals surface area contributed by atoms with Crippen LogP contribution < -0.4 is 0 Å². The van der Waals surface area contributed by atoms with E-state index in [1.165, 1.54) is 225 Å². The summed E-state index contributed by atoms with van der Waals surface area (Å²) in [6.07, 6.45) is 68.7. The SMILES string of the molecule is CCCCCC/C=C\C=C/CCCCCCCC(=O)O[C@H](COC(=O)CCCCCCCCCCCC)COP(=O)(O)OC[C@H](O)COP(=O)(O)OC[C@@H](COC(=O)CCCCCCCCCCCCCCCCC(C)C)OC(=O)CCCCCCCCCCCCCCCCCCCCC. The molecule has 0 radical (unpaired) electrons. The number of esters is 4. The van der Waals surface area contributed by atoms with Gasteiger partial charge in [0.1, 0.15) is 19.3 Å². The van der Waals surface area contributed by atoms with Gasteiger partial charge in [0.05, 0.1) is 26.4 Å². The average Bonchev–Trinajstić information content (AvgIpc) is 0.920. The first-order chi connectivity index (χ1) is 49.0. The van der Waals surface area contributed by atoms with Gasteiger partial charge >= 0.3 is 39.5 Å². The van der Waals surface area contributed by atoms with E-state index in [0.29, 0.717) is 25.7 Å². The number of allylic oxidation sites excluding steroid dienone is 4. The van der Waals surface area contributed by atoms with Crippen molar-refractivity contribution in [3.05, 3.63) is 24.3 Å². The lowest BCUT2D eigenvalue weighted by molar-refractivity contribution is -0.161. The van der Waals surface area contributed by atoms with Crippen LogP contribution in [0.2, 0.25) is 0 Å². The summed E-state index contributed by atoms with van der Waals surface area (Å²) >= 11 is 0. The Balaban J connectivity index is 5.27. The molecular weight excluding hydrogens is 1320 g/mol. The molecule has 0 spiro atoms. The predicted octanol–water partition coefficient (Wildman–Crippen LogP) is 24.4. The number of aliphatic hydroxyl groups excluding tert-OH is 1. The molecule has 19 heteroatoms. The maximum atomic E-state index is 13.1. The normalized spacial score (nSPS) is 14.0. The highest BCUT2D eigenvalue weighted by Crippen LogP contribution is 2.45. The largest absolute Gasteiger partial charge is 0.472 e. The maximum Gasteiger partial charge on any atom is 0.472 e. The van der Waals surface area contributed by atoms with Gasteiger partial charge in [-0.25, -0.2) is 9.13 Å². The molecule has 5 atom stereocenters. The van der Waals surface area contributed by atoms with Crippen LogP contribution in [0.1, 0.15) is 413 Å². The quantitative estimate of drug-likeness (QED) is 0.0169. The van der Waals surface area contributed by atoms with E-state index in [2.05, 4.69) is 58.9 Å². The lowest BCUT2D eigenvalue weighted by atomic mass is 10.0. The van der Waals surface area contributed by atoms with Gasteiger partial charge in [-0.3, -0.25) is 37.3 Å². The van der Waals surface area contributed by atoms with Crippen LogP contribution in [0.15, 0.2) is 24.3 Å². The fourth-order valence-corrected chi connectivity index (χ4v) is 13.8. The molecule has 17 nitrogen and oxygen atoms in total. The Morgan fingerprint density at radius 2 is 0.535 bits per heavy atom. The van der Waals surface area contributed by atoms with Crippen LogP contribution in [-0.4, -0.2) is 96.7 Å². The zero-order valence-corrected chi connectivity index (χ0v) is 67.3. The van der Waals surface area contributed by atoms with Gasteiger partial charge in [0.25, 0.3) is 0 Å². The van der Waals surface area contributed by atoms with Crippen molar-refractivity contribution in [3.63, 3.8) is 0 Å². The first-order valence-electron chi connectivity index (χ1n) is 42.0. The van der Waals surface area contributed by atoms with Gasteiger partial charge in [0, 0.05) is 25.7 Å². The van der Waals surface area contributed by atoms with Crippen LogP contribution >= 0.6 is 15.6 Å². The number of carbonyl (C=O) groups is 4. The third-order valence-electron chi connectivity index (χ3n) is 18.7. The zero-order chi connectivity index (χ0) is 74.1. The van der Waals surface area contributed by atoms with Crippen molar-refractivity contribution in [2.24, 2.45) is 5.92 Å².